The number of nitrogens with zero attached hydrogens (tertiary/aromatic N) is 1. The van der Waals surface area contributed by atoms with Crippen molar-refractivity contribution in [3.05, 3.63) is 35.9 Å². The van der Waals surface area contributed by atoms with Crippen molar-refractivity contribution in [2.45, 2.75) is 39.7 Å². The van der Waals surface area contributed by atoms with E-state index < -0.39 is 0 Å². The predicted octanol–water partition coefficient (Wildman–Crippen LogP) is 3.19. The van der Waals surface area contributed by atoms with Gasteiger partial charge in [-0.3, -0.25) is 0 Å². The molecule has 1 N–H and O–H groups in total. The quantitative estimate of drug-likeness (QED) is 0.907. The van der Waals surface area contributed by atoms with Crippen molar-refractivity contribution in [2.75, 3.05) is 26.2 Å². The molecule has 0 saturated carbocycles. The van der Waals surface area contributed by atoms with E-state index in [9.17, 15) is 0 Å². The second-order valence-corrected chi connectivity index (χ2v) is 6.70. The van der Waals surface area contributed by atoms with Gasteiger partial charge in [-0.2, -0.15) is 0 Å². The molecule has 0 spiro atoms. The van der Waals surface area contributed by atoms with Gasteiger partial charge in [0.1, 0.15) is 0 Å². The van der Waals surface area contributed by atoms with E-state index >= 15 is 0 Å². The molecule has 2 rings (SSSR count). The molecule has 0 bridgehead atoms. The summed E-state index contributed by atoms with van der Waals surface area (Å²) in [6.07, 6.45) is 2.45. The molecule has 2 nitrogen and oxygen atoms in total. The number of nitrogens with one attached hydrogen (secondary N) is 1. The lowest BCUT2D eigenvalue weighted by molar-refractivity contribution is 0.136. The van der Waals surface area contributed by atoms with Crippen LogP contribution in [0.3, 0.4) is 0 Å². The molecule has 0 amide bonds. The Morgan fingerprint density at radius 3 is 2.30 bits per heavy atom. The van der Waals surface area contributed by atoms with Gasteiger partial charge < -0.3 is 10.2 Å². The maximum atomic E-state index is 3.58. The van der Waals surface area contributed by atoms with E-state index in [2.05, 4.69) is 61.3 Å². The summed E-state index contributed by atoms with van der Waals surface area (Å²) in [6.45, 7) is 11.9. The molecule has 1 aliphatic rings. The maximum Gasteiger partial charge on any atom is 0.00703 e. The Hall–Kier alpha value is -0.860. The van der Waals surface area contributed by atoms with E-state index in [0.29, 0.717) is 6.04 Å². The first-order valence-electron chi connectivity index (χ1n) is 8.14. The first kappa shape index (κ1) is 15.5. The van der Waals surface area contributed by atoms with Gasteiger partial charge in [-0.05, 0) is 50.3 Å². The zero-order valence-electron chi connectivity index (χ0n) is 13.3. The molecule has 1 fully saturated rings. The minimum atomic E-state index is 0.679. The van der Waals surface area contributed by atoms with Crippen LogP contribution in [0, 0.1) is 11.8 Å². The van der Waals surface area contributed by atoms with Gasteiger partial charge in [0.05, 0.1) is 0 Å². The molecule has 0 radical (unpaired) electrons. The highest BCUT2D eigenvalue weighted by atomic mass is 15.2. The van der Waals surface area contributed by atoms with E-state index in [1.165, 1.54) is 31.5 Å². The summed E-state index contributed by atoms with van der Waals surface area (Å²) in [5, 5.41) is 3.58. The minimum Gasteiger partial charge on any atom is -0.316 e. The molecule has 112 valence electrons. The standard InChI is InChI=1S/C18H30N2/c1-15-11-19-12-16(2)14-20(13-15)17(3)9-10-18-7-5-4-6-8-18/h4-8,15-17,19H,9-14H2,1-3H3. The van der Waals surface area contributed by atoms with Gasteiger partial charge in [-0.15, -0.1) is 0 Å². The largest absolute Gasteiger partial charge is 0.316 e. The smallest absolute Gasteiger partial charge is 0.00703 e. The first-order chi connectivity index (χ1) is 9.65. The van der Waals surface area contributed by atoms with Crippen LogP contribution in [0.5, 0.6) is 0 Å². The van der Waals surface area contributed by atoms with Crippen LogP contribution >= 0.6 is 0 Å². The molecule has 2 heteroatoms. The molecular weight excluding hydrogens is 244 g/mol. The zero-order chi connectivity index (χ0) is 14.4. The summed E-state index contributed by atoms with van der Waals surface area (Å²) in [7, 11) is 0. The van der Waals surface area contributed by atoms with Gasteiger partial charge in [-0.25, -0.2) is 0 Å². The van der Waals surface area contributed by atoms with Gasteiger partial charge in [0.25, 0.3) is 0 Å². The van der Waals surface area contributed by atoms with Crippen LogP contribution < -0.4 is 5.32 Å². The summed E-state index contributed by atoms with van der Waals surface area (Å²) in [6, 6.07) is 11.6. The van der Waals surface area contributed by atoms with Crippen LogP contribution in [0.15, 0.2) is 30.3 Å². The van der Waals surface area contributed by atoms with Crippen molar-refractivity contribution in [2.24, 2.45) is 11.8 Å². The fourth-order valence-corrected chi connectivity index (χ4v) is 3.14. The monoisotopic (exact) mass is 274 g/mol. The van der Waals surface area contributed by atoms with E-state index in [1.807, 2.05) is 0 Å². The van der Waals surface area contributed by atoms with Crippen molar-refractivity contribution in [3.8, 4) is 0 Å². The molecule has 1 saturated heterocycles. The Bertz CT molecular complexity index is 364. The van der Waals surface area contributed by atoms with Gasteiger partial charge in [-0.1, -0.05) is 44.2 Å². The number of hydrogen-bond acceptors (Lipinski definition) is 2. The summed E-state index contributed by atoms with van der Waals surface area (Å²) >= 11 is 0. The fourth-order valence-electron chi connectivity index (χ4n) is 3.14. The lowest BCUT2D eigenvalue weighted by atomic mass is 10.0. The van der Waals surface area contributed by atoms with Crippen LogP contribution in [-0.2, 0) is 6.42 Å². The Morgan fingerprint density at radius 1 is 1.10 bits per heavy atom. The third kappa shape index (κ3) is 4.92. The molecule has 1 aromatic carbocycles. The van der Waals surface area contributed by atoms with Crippen LogP contribution in [-0.4, -0.2) is 37.1 Å². The minimum absolute atomic E-state index is 0.679. The first-order valence-corrected chi connectivity index (χ1v) is 8.14. The van der Waals surface area contributed by atoms with Crippen molar-refractivity contribution >= 4 is 0 Å². The maximum absolute atomic E-state index is 3.58. The number of benzene rings is 1. The Morgan fingerprint density at radius 2 is 1.70 bits per heavy atom. The lowest BCUT2D eigenvalue weighted by Gasteiger charge is -2.36. The highest BCUT2D eigenvalue weighted by Crippen LogP contribution is 2.15. The zero-order valence-corrected chi connectivity index (χ0v) is 13.3. The van der Waals surface area contributed by atoms with Crippen LogP contribution in [0.2, 0.25) is 0 Å². The normalized spacial score (nSPS) is 26.8. The van der Waals surface area contributed by atoms with Crippen LogP contribution in [0.4, 0.5) is 0 Å². The highest BCUT2D eigenvalue weighted by molar-refractivity contribution is 5.14. The lowest BCUT2D eigenvalue weighted by Crippen LogP contribution is -2.46. The SMILES string of the molecule is CC1CNCC(C)CN(C(C)CCc2ccccc2)C1. The molecule has 3 unspecified atom stereocenters. The van der Waals surface area contributed by atoms with Gasteiger partial charge in [0.15, 0.2) is 0 Å². The summed E-state index contributed by atoms with van der Waals surface area (Å²) < 4.78 is 0. The van der Waals surface area contributed by atoms with Crippen molar-refractivity contribution in [1.82, 2.24) is 10.2 Å². The summed E-state index contributed by atoms with van der Waals surface area (Å²) in [5.41, 5.74) is 1.47. The van der Waals surface area contributed by atoms with Gasteiger partial charge in [0.2, 0.25) is 0 Å². The molecule has 1 heterocycles. The fraction of sp³-hybridized carbons (Fsp3) is 0.667. The Labute approximate surface area is 124 Å². The third-order valence-electron chi connectivity index (χ3n) is 4.39. The van der Waals surface area contributed by atoms with Crippen LogP contribution in [0.25, 0.3) is 0 Å². The molecule has 1 aromatic rings. The highest BCUT2D eigenvalue weighted by Gasteiger charge is 2.21. The van der Waals surface area contributed by atoms with Crippen molar-refractivity contribution in [3.63, 3.8) is 0 Å². The second-order valence-electron chi connectivity index (χ2n) is 6.70. The van der Waals surface area contributed by atoms with E-state index in [4.69, 9.17) is 0 Å². The Kier molecular flexibility index (Phi) is 6.06. The molecule has 20 heavy (non-hydrogen) atoms. The van der Waals surface area contributed by atoms with E-state index in [0.717, 1.165) is 24.9 Å². The number of aryl methyl sites for hydroxylation is 1. The molecule has 1 aliphatic heterocycles. The Balaban J connectivity index is 1.87. The van der Waals surface area contributed by atoms with Gasteiger partial charge >= 0.3 is 0 Å². The molecular formula is C18H30N2. The summed E-state index contributed by atoms with van der Waals surface area (Å²) in [4.78, 5) is 2.71. The van der Waals surface area contributed by atoms with Crippen molar-refractivity contribution < 1.29 is 0 Å². The third-order valence-corrected chi connectivity index (χ3v) is 4.39. The number of hydrogen-bond donors (Lipinski definition) is 1. The molecule has 0 aliphatic carbocycles. The number of rotatable bonds is 4. The molecule has 0 aromatic heterocycles. The summed E-state index contributed by atoms with van der Waals surface area (Å²) in [5.74, 6) is 1.50. The van der Waals surface area contributed by atoms with Crippen LogP contribution in [0.1, 0.15) is 32.8 Å². The second kappa shape index (κ2) is 7.80. The topological polar surface area (TPSA) is 15.3 Å². The van der Waals surface area contributed by atoms with Crippen molar-refractivity contribution in [1.29, 1.82) is 0 Å². The average molecular weight is 274 g/mol. The average Bonchev–Trinajstić information content (AvgIpc) is 2.43. The molecule has 3 atom stereocenters. The van der Waals surface area contributed by atoms with E-state index in [-0.39, 0.29) is 0 Å². The van der Waals surface area contributed by atoms with E-state index in [1.54, 1.807) is 0 Å². The van der Waals surface area contributed by atoms with Gasteiger partial charge in [0, 0.05) is 19.1 Å². The predicted molar refractivity (Wildman–Crippen MR) is 87.0 cm³/mol.